The molecule has 5 nitrogen and oxygen atoms in total. The first-order valence-corrected chi connectivity index (χ1v) is 7.36. The maximum absolute atomic E-state index is 11.5. The molecule has 0 saturated heterocycles. The van der Waals surface area contributed by atoms with Crippen molar-refractivity contribution in [2.24, 2.45) is 11.8 Å². The Kier molecular flexibility index (Phi) is 3.49. The average Bonchev–Trinajstić information content (AvgIpc) is 2.78. The molecule has 1 fully saturated rings. The minimum atomic E-state index is -0.310. The number of aromatic nitrogens is 1. The van der Waals surface area contributed by atoms with Gasteiger partial charge in [0.25, 0.3) is 0 Å². The van der Waals surface area contributed by atoms with Gasteiger partial charge in [0.2, 0.25) is 0 Å². The molecule has 3 rings (SSSR count). The third-order valence-electron chi connectivity index (χ3n) is 4.75. The molecule has 1 aliphatic carbocycles. The normalized spacial score (nSPS) is 25.1. The molecule has 3 unspecified atom stereocenters. The summed E-state index contributed by atoms with van der Waals surface area (Å²) in [5, 5.41) is 15.5. The van der Waals surface area contributed by atoms with Crippen LogP contribution < -0.4 is 5.32 Å². The van der Waals surface area contributed by atoms with Gasteiger partial charge in [-0.25, -0.2) is 0 Å². The Morgan fingerprint density at radius 2 is 2.10 bits per heavy atom. The highest BCUT2D eigenvalue weighted by Crippen LogP contribution is 2.37. The van der Waals surface area contributed by atoms with E-state index in [1.807, 2.05) is 6.07 Å². The number of nitro groups is 1. The molecule has 1 N–H and O–H groups in total. The monoisotopic (exact) mass is 285 g/mol. The molecule has 0 amide bonds. The van der Waals surface area contributed by atoms with Crippen LogP contribution in [0.2, 0.25) is 0 Å². The number of nitrogens with zero attached hydrogens (tertiary/aromatic N) is 2. The Labute approximate surface area is 123 Å². The fourth-order valence-corrected chi connectivity index (χ4v) is 3.22. The Morgan fingerprint density at radius 1 is 1.29 bits per heavy atom. The van der Waals surface area contributed by atoms with Crippen molar-refractivity contribution in [2.45, 2.75) is 32.7 Å². The van der Waals surface area contributed by atoms with Crippen molar-refractivity contribution in [1.29, 1.82) is 0 Å². The summed E-state index contributed by atoms with van der Waals surface area (Å²) >= 11 is 0. The van der Waals surface area contributed by atoms with Crippen LogP contribution in [-0.2, 0) is 0 Å². The minimum absolute atomic E-state index is 0.132. The SMILES string of the molecule is CC1CCC(Nc2ccc3ncccc3c2[N+](=O)[O-])C1C. The van der Waals surface area contributed by atoms with E-state index >= 15 is 0 Å². The topological polar surface area (TPSA) is 68.1 Å². The summed E-state index contributed by atoms with van der Waals surface area (Å²) in [6.07, 6.45) is 3.88. The van der Waals surface area contributed by atoms with Gasteiger partial charge in [0.1, 0.15) is 5.69 Å². The first-order chi connectivity index (χ1) is 10.1. The van der Waals surface area contributed by atoms with Crippen molar-refractivity contribution in [3.8, 4) is 0 Å². The smallest absolute Gasteiger partial charge is 0.301 e. The van der Waals surface area contributed by atoms with E-state index in [-0.39, 0.29) is 10.6 Å². The number of benzene rings is 1. The van der Waals surface area contributed by atoms with Crippen molar-refractivity contribution in [3.63, 3.8) is 0 Å². The molecule has 21 heavy (non-hydrogen) atoms. The Hall–Kier alpha value is -2.17. The molecule has 5 heteroatoms. The molecule has 0 aliphatic heterocycles. The predicted molar refractivity (Wildman–Crippen MR) is 83.4 cm³/mol. The van der Waals surface area contributed by atoms with Gasteiger partial charge in [-0.1, -0.05) is 13.8 Å². The number of hydrogen-bond donors (Lipinski definition) is 1. The van der Waals surface area contributed by atoms with E-state index in [0.29, 0.717) is 34.5 Å². The Bertz CT molecular complexity index is 686. The van der Waals surface area contributed by atoms with Gasteiger partial charge in [-0.15, -0.1) is 0 Å². The third-order valence-corrected chi connectivity index (χ3v) is 4.75. The second kappa shape index (κ2) is 5.31. The number of hydrogen-bond acceptors (Lipinski definition) is 4. The van der Waals surface area contributed by atoms with Gasteiger partial charge in [-0.3, -0.25) is 15.1 Å². The molecule has 1 aromatic carbocycles. The van der Waals surface area contributed by atoms with Gasteiger partial charge in [-0.2, -0.15) is 0 Å². The van der Waals surface area contributed by atoms with E-state index in [1.165, 1.54) is 6.42 Å². The lowest BCUT2D eigenvalue weighted by molar-refractivity contribution is -0.382. The lowest BCUT2D eigenvalue weighted by atomic mass is 9.97. The van der Waals surface area contributed by atoms with Crippen molar-refractivity contribution in [1.82, 2.24) is 4.98 Å². The Balaban J connectivity index is 2.02. The fourth-order valence-electron chi connectivity index (χ4n) is 3.22. The number of pyridine rings is 1. The second-order valence-corrected chi connectivity index (χ2v) is 5.95. The maximum Gasteiger partial charge on any atom is 0.301 e. The zero-order chi connectivity index (χ0) is 15.0. The highest BCUT2D eigenvalue weighted by atomic mass is 16.6. The van der Waals surface area contributed by atoms with Gasteiger partial charge in [0.05, 0.1) is 15.8 Å². The number of anilines is 1. The Morgan fingerprint density at radius 3 is 2.76 bits per heavy atom. The summed E-state index contributed by atoms with van der Waals surface area (Å²) in [5.74, 6) is 1.18. The van der Waals surface area contributed by atoms with Crippen LogP contribution in [0.1, 0.15) is 26.7 Å². The van der Waals surface area contributed by atoms with E-state index in [4.69, 9.17) is 0 Å². The summed E-state index contributed by atoms with van der Waals surface area (Å²) in [6.45, 7) is 4.45. The molecular formula is C16H19N3O2. The summed E-state index contributed by atoms with van der Waals surface area (Å²) in [7, 11) is 0. The number of nitrogens with one attached hydrogen (secondary N) is 1. The van der Waals surface area contributed by atoms with Crippen LogP contribution in [0, 0.1) is 22.0 Å². The highest BCUT2D eigenvalue weighted by molar-refractivity contribution is 5.94. The first-order valence-electron chi connectivity index (χ1n) is 7.36. The largest absolute Gasteiger partial charge is 0.376 e. The van der Waals surface area contributed by atoms with E-state index in [1.54, 1.807) is 24.4 Å². The zero-order valence-electron chi connectivity index (χ0n) is 12.2. The number of fused-ring (bicyclic) bond motifs is 1. The number of rotatable bonds is 3. The molecular weight excluding hydrogens is 266 g/mol. The molecule has 1 heterocycles. The molecule has 1 aromatic heterocycles. The summed E-state index contributed by atoms with van der Waals surface area (Å²) in [6, 6.07) is 7.41. The van der Waals surface area contributed by atoms with Crippen LogP contribution in [0.25, 0.3) is 10.9 Å². The lowest BCUT2D eigenvalue weighted by Crippen LogP contribution is -2.24. The molecule has 110 valence electrons. The van der Waals surface area contributed by atoms with Gasteiger partial charge in [-0.05, 0) is 48.9 Å². The van der Waals surface area contributed by atoms with Crippen molar-refractivity contribution in [3.05, 3.63) is 40.6 Å². The standard InChI is InChI=1S/C16H19N3O2/c1-10-5-6-13(11(10)2)18-15-8-7-14-12(4-3-9-17-14)16(15)19(20)21/h3-4,7-11,13,18H,5-6H2,1-2H3. The predicted octanol–water partition coefficient (Wildman–Crippen LogP) is 3.99. The fraction of sp³-hybridized carbons (Fsp3) is 0.438. The van der Waals surface area contributed by atoms with Crippen LogP contribution in [0.5, 0.6) is 0 Å². The molecule has 1 aliphatic rings. The zero-order valence-corrected chi connectivity index (χ0v) is 12.2. The van der Waals surface area contributed by atoms with Crippen LogP contribution in [-0.4, -0.2) is 15.9 Å². The molecule has 2 aromatic rings. The number of nitro benzene ring substituents is 1. The van der Waals surface area contributed by atoms with Gasteiger partial charge in [0, 0.05) is 12.2 Å². The van der Waals surface area contributed by atoms with Crippen molar-refractivity contribution < 1.29 is 4.92 Å². The van der Waals surface area contributed by atoms with Gasteiger partial charge < -0.3 is 5.32 Å². The molecule has 0 bridgehead atoms. The quantitative estimate of drug-likeness (QED) is 0.684. The minimum Gasteiger partial charge on any atom is -0.376 e. The summed E-state index contributed by atoms with van der Waals surface area (Å²) < 4.78 is 0. The van der Waals surface area contributed by atoms with Crippen LogP contribution in [0.3, 0.4) is 0 Å². The molecule has 3 atom stereocenters. The maximum atomic E-state index is 11.5. The summed E-state index contributed by atoms with van der Waals surface area (Å²) in [4.78, 5) is 15.4. The average molecular weight is 285 g/mol. The van der Waals surface area contributed by atoms with Crippen LogP contribution in [0.15, 0.2) is 30.5 Å². The van der Waals surface area contributed by atoms with Crippen LogP contribution >= 0.6 is 0 Å². The van der Waals surface area contributed by atoms with E-state index < -0.39 is 0 Å². The van der Waals surface area contributed by atoms with E-state index in [0.717, 1.165) is 6.42 Å². The lowest BCUT2D eigenvalue weighted by Gasteiger charge is -2.21. The summed E-state index contributed by atoms with van der Waals surface area (Å²) in [5.41, 5.74) is 1.39. The molecule has 1 saturated carbocycles. The van der Waals surface area contributed by atoms with Gasteiger partial charge >= 0.3 is 5.69 Å². The van der Waals surface area contributed by atoms with E-state index in [9.17, 15) is 10.1 Å². The van der Waals surface area contributed by atoms with Crippen molar-refractivity contribution >= 4 is 22.3 Å². The third kappa shape index (κ3) is 2.44. The molecule has 0 spiro atoms. The highest BCUT2D eigenvalue weighted by Gasteiger charge is 2.31. The second-order valence-electron chi connectivity index (χ2n) is 5.95. The first kappa shape index (κ1) is 13.8. The molecule has 0 radical (unpaired) electrons. The van der Waals surface area contributed by atoms with Gasteiger partial charge in [0.15, 0.2) is 0 Å². The van der Waals surface area contributed by atoms with Crippen molar-refractivity contribution in [2.75, 3.05) is 5.32 Å². The van der Waals surface area contributed by atoms with E-state index in [2.05, 4.69) is 24.1 Å². The van der Waals surface area contributed by atoms with Crippen LogP contribution in [0.4, 0.5) is 11.4 Å².